The zero-order valence-electron chi connectivity index (χ0n) is 10.4. The molecule has 7 heteroatoms. The first-order valence-electron chi connectivity index (χ1n) is 5.72. The molecule has 0 aromatic heterocycles. The average Bonchev–Trinajstić information content (AvgIpc) is 2.39. The van der Waals surface area contributed by atoms with Gasteiger partial charge in [0, 0.05) is 11.1 Å². The third kappa shape index (κ3) is 3.71. The average molecular weight is 299 g/mol. The van der Waals surface area contributed by atoms with Crippen molar-refractivity contribution >= 4 is 11.5 Å². The van der Waals surface area contributed by atoms with E-state index in [0.717, 1.165) is 18.2 Å². The number of hydrogen-bond acceptors (Lipinski definition) is 3. The molecular weight excluding hydrogens is 290 g/mol. The minimum Gasteiger partial charge on any atom is -0.406 e. The van der Waals surface area contributed by atoms with Crippen molar-refractivity contribution in [1.82, 2.24) is 0 Å². The number of rotatable bonds is 3. The van der Waals surface area contributed by atoms with Crippen LogP contribution >= 0.6 is 0 Å². The van der Waals surface area contributed by atoms with Crippen molar-refractivity contribution in [2.45, 2.75) is 6.36 Å². The predicted molar refractivity (Wildman–Crippen MR) is 67.4 cm³/mol. The van der Waals surface area contributed by atoms with Gasteiger partial charge in [-0.05, 0) is 30.3 Å². The maximum absolute atomic E-state index is 13.3. The van der Waals surface area contributed by atoms with Crippen LogP contribution in [0.25, 0.3) is 0 Å². The number of ketones is 1. The van der Waals surface area contributed by atoms with Crippen molar-refractivity contribution in [1.29, 1.82) is 0 Å². The number of benzene rings is 2. The third-order valence-electron chi connectivity index (χ3n) is 2.59. The summed E-state index contributed by atoms with van der Waals surface area (Å²) >= 11 is 0. The van der Waals surface area contributed by atoms with E-state index in [0.29, 0.717) is 0 Å². The Hall–Kier alpha value is -2.57. The molecule has 0 aliphatic carbocycles. The Morgan fingerprint density at radius 1 is 1.05 bits per heavy atom. The largest absolute Gasteiger partial charge is 0.573 e. The van der Waals surface area contributed by atoms with E-state index in [-0.39, 0.29) is 16.8 Å². The summed E-state index contributed by atoms with van der Waals surface area (Å²) in [6.45, 7) is 0. The van der Waals surface area contributed by atoms with Crippen LogP contribution in [0.1, 0.15) is 15.9 Å². The number of ether oxygens (including phenoxy) is 1. The Balaban J connectivity index is 2.31. The molecule has 0 spiro atoms. The van der Waals surface area contributed by atoms with Crippen molar-refractivity contribution in [3.05, 3.63) is 59.4 Å². The van der Waals surface area contributed by atoms with E-state index in [9.17, 15) is 22.4 Å². The fourth-order valence-electron chi connectivity index (χ4n) is 1.67. The first-order valence-corrected chi connectivity index (χ1v) is 5.72. The molecule has 0 radical (unpaired) electrons. The molecule has 2 N–H and O–H groups in total. The van der Waals surface area contributed by atoms with Crippen LogP contribution in [0, 0.1) is 5.82 Å². The van der Waals surface area contributed by atoms with Gasteiger partial charge in [-0.15, -0.1) is 13.2 Å². The van der Waals surface area contributed by atoms with Crippen molar-refractivity contribution in [2.24, 2.45) is 0 Å². The van der Waals surface area contributed by atoms with Crippen LogP contribution in [0.4, 0.5) is 23.2 Å². The molecule has 110 valence electrons. The molecule has 0 saturated carbocycles. The van der Waals surface area contributed by atoms with Crippen LogP contribution in [-0.2, 0) is 0 Å². The van der Waals surface area contributed by atoms with E-state index in [1.54, 1.807) is 0 Å². The second-order valence-electron chi connectivity index (χ2n) is 4.14. The molecule has 0 atom stereocenters. The fourth-order valence-corrected chi connectivity index (χ4v) is 1.67. The second kappa shape index (κ2) is 5.43. The minimum atomic E-state index is -4.85. The van der Waals surface area contributed by atoms with Gasteiger partial charge in [0.15, 0.2) is 5.78 Å². The Bertz CT molecular complexity index is 683. The summed E-state index contributed by atoms with van der Waals surface area (Å²) < 4.78 is 53.4. The Morgan fingerprint density at radius 2 is 1.71 bits per heavy atom. The lowest BCUT2D eigenvalue weighted by Crippen LogP contribution is -2.17. The molecule has 0 saturated heterocycles. The van der Waals surface area contributed by atoms with Crippen LogP contribution in [-0.4, -0.2) is 12.1 Å². The summed E-state index contributed by atoms with van der Waals surface area (Å²) in [5.74, 6) is -1.94. The second-order valence-corrected chi connectivity index (χ2v) is 4.14. The molecule has 0 aliphatic heterocycles. The van der Waals surface area contributed by atoms with Crippen LogP contribution in [0.15, 0.2) is 42.5 Å². The number of halogens is 4. The maximum atomic E-state index is 13.3. The van der Waals surface area contributed by atoms with Gasteiger partial charge in [0.1, 0.15) is 11.6 Å². The highest BCUT2D eigenvalue weighted by Gasteiger charge is 2.31. The molecule has 0 heterocycles. The van der Waals surface area contributed by atoms with Gasteiger partial charge in [0.25, 0.3) is 0 Å². The predicted octanol–water partition coefficient (Wildman–Crippen LogP) is 3.54. The quantitative estimate of drug-likeness (QED) is 0.536. The van der Waals surface area contributed by atoms with Crippen LogP contribution in [0.2, 0.25) is 0 Å². The van der Waals surface area contributed by atoms with Crippen molar-refractivity contribution in [3.8, 4) is 5.75 Å². The summed E-state index contributed by atoms with van der Waals surface area (Å²) in [7, 11) is 0. The summed E-state index contributed by atoms with van der Waals surface area (Å²) in [6, 6.07) is 7.96. The summed E-state index contributed by atoms with van der Waals surface area (Å²) in [5, 5.41) is 0. The highest BCUT2D eigenvalue weighted by Crippen LogP contribution is 2.24. The molecule has 0 amide bonds. The molecular formula is C14H9F4NO2. The van der Waals surface area contributed by atoms with Crippen molar-refractivity contribution < 1.29 is 27.1 Å². The first kappa shape index (κ1) is 14.8. The molecule has 0 aliphatic rings. The first-order chi connectivity index (χ1) is 9.76. The number of carbonyl (C=O) groups is 1. The number of nitrogen functional groups attached to an aromatic ring is 1. The lowest BCUT2D eigenvalue weighted by Gasteiger charge is -2.10. The summed E-state index contributed by atoms with van der Waals surface area (Å²) in [6.07, 6.45) is -4.85. The van der Waals surface area contributed by atoms with Gasteiger partial charge in [-0.3, -0.25) is 4.79 Å². The molecule has 3 nitrogen and oxygen atoms in total. The number of anilines is 1. The Kier molecular flexibility index (Phi) is 3.84. The van der Waals surface area contributed by atoms with E-state index in [2.05, 4.69) is 4.74 Å². The minimum absolute atomic E-state index is 0.0224. The lowest BCUT2D eigenvalue weighted by atomic mass is 10.0. The molecule has 0 fully saturated rings. The molecule has 2 aromatic carbocycles. The fraction of sp³-hybridized carbons (Fsp3) is 0.0714. The summed E-state index contributed by atoms with van der Waals surface area (Å²) in [5.41, 5.74) is 5.09. The third-order valence-corrected chi connectivity index (χ3v) is 2.59. The smallest absolute Gasteiger partial charge is 0.406 e. The van der Waals surface area contributed by atoms with E-state index >= 15 is 0 Å². The van der Waals surface area contributed by atoms with Gasteiger partial charge in [-0.2, -0.15) is 0 Å². The summed E-state index contributed by atoms with van der Waals surface area (Å²) in [4.78, 5) is 12.1. The maximum Gasteiger partial charge on any atom is 0.573 e. The highest BCUT2D eigenvalue weighted by molar-refractivity contribution is 6.09. The Labute approximate surface area is 116 Å². The standard InChI is InChI=1S/C14H9F4NO2/c15-11-7-9(4-5-12(11)19)13(20)8-2-1-3-10(6-8)21-14(16,17)18/h1-7H,19H2. The monoisotopic (exact) mass is 299 g/mol. The van der Waals surface area contributed by atoms with Gasteiger partial charge >= 0.3 is 6.36 Å². The SMILES string of the molecule is Nc1ccc(C(=O)c2cccc(OC(F)(F)F)c2)cc1F. The number of nitrogens with two attached hydrogens (primary N) is 1. The van der Waals surface area contributed by atoms with E-state index in [1.807, 2.05) is 0 Å². The van der Waals surface area contributed by atoms with Crippen molar-refractivity contribution in [3.63, 3.8) is 0 Å². The zero-order valence-corrected chi connectivity index (χ0v) is 10.4. The van der Waals surface area contributed by atoms with Gasteiger partial charge in [-0.1, -0.05) is 12.1 Å². The topological polar surface area (TPSA) is 52.3 Å². The highest BCUT2D eigenvalue weighted by atomic mass is 19.4. The number of carbonyl (C=O) groups excluding carboxylic acids is 1. The van der Waals surface area contributed by atoms with E-state index in [1.165, 1.54) is 24.3 Å². The Morgan fingerprint density at radius 3 is 2.33 bits per heavy atom. The lowest BCUT2D eigenvalue weighted by molar-refractivity contribution is -0.274. The van der Waals surface area contributed by atoms with Crippen LogP contribution < -0.4 is 10.5 Å². The van der Waals surface area contributed by atoms with E-state index < -0.39 is 23.7 Å². The molecule has 0 bridgehead atoms. The number of hydrogen-bond donors (Lipinski definition) is 1. The normalized spacial score (nSPS) is 11.2. The van der Waals surface area contributed by atoms with Gasteiger partial charge in [0.2, 0.25) is 0 Å². The van der Waals surface area contributed by atoms with E-state index in [4.69, 9.17) is 5.73 Å². The molecule has 0 unspecified atom stereocenters. The van der Waals surface area contributed by atoms with Crippen LogP contribution in [0.3, 0.4) is 0 Å². The van der Waals surface area contributed by atoms with Gasteiger partial charge in [0.05, 0.1) is 5.69 Å². The van der Waals surface area contributed by atoms with Gasteiger partial charge < -0.3 is 10.5 Å². The zero-order chi connectivity index (χ0) is 15.6. The molecule has 21 heavy (non-hydrogen) atoms. The number of alkyl halides is 3. The van der Waals surface area contributed by atoms with Crippen molar-refractivity contribution in [2.75, 3.05) is 5.73 Å². The van der Waals surface area contributed by atoms with Gasteiger partial charge in [-0.25, -0.2) is 4.39 Å². The molecule has 2 rings (SSSR count). The molecule has 2 aromatic rings. The van der Waals surface area contributed by atoms with Crippen LogP contribution in [0.5, 0.6) is 5.75 Å².